The van der Waals surface area contributed by atoms with Gasteiger partial charge in [0.2, 0.25) is 0 Å². The topological polar surface area (TPSA) is 43.2 Å². The Labute approximate surface area is 317 Å². The third-order valence-corrected chi connectivity index (χ3v) is 9.06. The Kier molecular flexibility index (Phi) is 43.4. The predicted molar refractivity (Wildman–Crippen MR) is 210 cm³/mol. The number of hydrogen-bond acceptors (Lipinski definition) is 4. The molecule has 0 rings (SSSR count). The second-order valence-electron chi connectivity index (χ2n) is 14.4. The fourth-order valence-corrected chi connectivity index (χ4v) is 5.62. The van der Waals surface area contributed by atoms with Crippen molar-refractivity contribution in [3.63, 3.8) is 0 Å². The van der Waals surface area contributed by atoms with E-state index in [2.05, 4.69) is 62.6 Å². The average Bonchev–Trinajstić information content (AvgIpc) is 3.06. The van der Waals surface area contributed by atoms with E-state index in [-0.39, 0.29) is 24.0 Å². The molecule has 0 bridgehead atoms. The summed E-state index contributed by atoms with van der Waals surface area (Å²) < 4.78 is 0.841. The summed E-state index contributed by atoms with van der Waals surface area (Å²) in [6, 6.07) is 0. The normalized spacial score (nSPS) is 12.2. The molecule has 0 aromatic carbocycles. The standard InChI is InChI=1S/C42H82N3O2.HI/c1-5-7-9-11-13-15-17-19-21-23-25-27-29-31-33-35-37-43-46-41-39-45(3,4)40-42-47-44-38-36-34-32-30-28-26-24-22-20-18-16-14-12-10-8-6-2;/h19-22,37-38H,5-18,23-36,39-42H2,1-4H3;1H/q+1;/p-1/b21-19-,22-20-,43-37?,44-38?;. The fourth-order valence-electron chi connectivity index (χ4n) is 5.62. The second kappa shape index (κ2) is 42.3. The first kappa shape index (κ1) is 49.2. The van der Waals surface area contributed by atoms with E-state index in [9.17, 15) is 0 Å². The van der Waals surface area contributed by atoms with Crippen LogP contribution in [-0.4, -0.2) is 57.3 Å². The number of quaternary nitrogens is 1. The van der Waals surface area contributed by atoms with Gasteiger partial charge < -0.3 is 38.1 Å². The Morgan fingerprint density at radius 3 is 0.979 bits per heavy atom. The molecule has 0 aliphatic carbocycles. The molecule has 0 radical (unpaired) electrons. The number of oxime groups is 2. The van der Waals surface area contributed by atoms with Crippen molar-refractivity contribution in [1.82, 2.24) is 0 Å². The van der Waals surface area contributed by atoms with Crippen LogP contribution >= 0.6 is 0 Å². The first-order valence-corrected chi connectivity index (χ1v) is 20.5. The van der Waals surface area contributed by atoms with Gasteiger partial charge in [-0.15, -0.1) is 0 Å². The smallest absolute Gasteiger partial charge is 0.165 e. The van der Waals surface area contributed by atoms with Gasteiger partial charge in [0.1, 0.15) is 13.1 Å². The molecule has 5 nitrogen and oxygen atoms in total. The van der Waals surface area contributed by atoms with Gasteiger partial charge in [-0.1, -0.05) is 151 Å². The van der Waals surface area contributed by atoms with E-state index < -0.39 is 0 Å². The number of unbranched alkanes of at least 4 members (excludes halogenated alkanes) is 24. The van der Waals surface area contributed by atoms with Crippen molar-refractivity contribution in [2.45, 2.75) is 194 Å². The van der Waals surface area contributed by atoms with E-state index in [1.807, 2.05) is 12.4 Å². The van der Waals surface area contributed by atoms with Gasteiger partial charge in [0.15, 0.2) is 13.2 Å². The van der Waals surface area contributed by atoms with Gasteiger partial charge >= 0.3 is 0 Å². The van der Waals surface area contributed by atoms with Crippen LogP contribution < -0.4 is 24.0 Å². The molecule has 0 saturated carbocycles. The summed E-state index contributed by atoms with van der Waals surface area (Å²) in [7, 11) is 4.41. The minimum Gasteiger partial charge on any atom is -1.00 e. The summed E-state index contributed by atoms with van der Waals surface area (Å²) in [5.74, 6) is 0. The summed E-state index contributed by atoms with van der Waals surface area (Å²) in [5, 5.41) is 8.33. The molecular weight excluding hydrogens is 705 g/mol. The van der Waals surface area contributed by atoms with Gasteiger partial charge in [-0.25, -0.2) is 0 Å². The van der Waals surface area contributed by atoms with Crippen LogP contribution in [0.1, 0.15) is 194 Å². The van der Waals surface area contributed by atoms with Crippen molar-refractivity contribution in [3.05, 3.63) is 24.3 Å². The van der Waals surface area contributed by atoms with Gasteiger partial charge in [0.05, 0.1) is 14.1 Å². The van der Waals surface area contributed by atoms with Gasteiger partial charge in [0.25, 0.3) is 0 Å². The first-order valence-electron chi connectivity index (χ1n) is 20.5. The molecule has 0 spiro atoms. The minimum atomic E-state index is 0. The lowest BCUT2D eigenvalue weighted by atomic mass is 10.1. The maximum absolute atomic E-state index is 5.51. The molecule has 0 fully saturated rings. The van der Waals surface area contributed by atoms with Crippen LogP contribution in [0.2, 0.25) is 0 Å². The molecule has 0 heterocycles. The highest BCUT2D eigenvalue weighted by molar-refractivity contribution is 5.56. The van der Waals surface area contributed by atoms with Gasteiger partial charge in [-0.3, -0.25) is 0 Å². The SMILES string of the molecule is CCCCCCCC/C=C\CCCCCCCC=NOCC[N+](C)(C)CCON=CCCCCCCC/C=C\CCCCCCCC.[I-]. The Morgan fingerprint density at radius 1 is 0.396 bits per heavy atom. The van der Waals surface area contributed by atoms with Crippen molar-refractivity contribution < 1.29 is 38.1 Å². The average molecular weight is 788 g/mol. The molecule has 0 aromatic rings. The fraction of sp³-hybridized carbons (Fsp3) is 0.857. The molecule has 284 valence electrons. The van der Waals surface area contributed by atoms with E-state index in [4.69, 9.17) is 9.68 Å². The molecular formula is C42H82IN3O2. The molecule has 0 amide bonds. The summed E-state index contributed by atoms with van der Waals surface area (Å²) in [5.41, 5.74) is 0. The summed E-state index contributed by atoms with van der Waals surface area (Å²) >= 11 is 0. The highest BCUT2D eigenvalue weighted by Gasteiger charge is 2.14. The quantitative estimate of drug-likeness (QED) is 0.0156. The van der Waals surface area contributed by atoms with Crippen LogP contribution in [0.25, 0.3) is 0 Å². The lowest BCUT2D eigenvalue weighted by Crippen LogP contribution is -3.00. The number of nitrogens with zero attached hydrogens (tertiary/aromatic N) is 3. The molecule has 48 heavy (non-hydrogen) atoms. The maximum Gasteiger partial charge on any atom is 0.165 e. The monoisotopic (exact) mass is 788 g/mol. The Bertz CT molecular complexity index is 666. The molecule has 0 atom stereocenters. The second-order valence-corrected chi connectivity index (χ2v) is 14.4. The number of halogens is 1. The lowest BCUT2D eigenvalue weighted by Gasteiger charge is -2.28. The Balaban J connectivity index is 0. The lowest BCUT2D eigenvalue weighted by molar-refractivity contribution is -0.891. The maximum atomic E-state index is 5.51. The van der Waals surface area contributed by atoms with E-state index in [0.29, 0.717) is 13.2 Å². The number of hydrogen-bond donors (Lipinski definition) is 0. The number of likely N-dealkylation sites (N-methyl/N-ethyl adjacent to an activating group) is 1. The Morgan fingerprint density at radius 2 is 0.667 bits per heavy atom. The number of rotatable bonds is 38. The zero-order valence-electron chi connectivity index (χ0n) is 32.6. The van der Waals surface area contributed by atoms with Crippen LogP contribution in [0.4, 0.5) is 0 Å². The van der Waals surface area contributed by atoms with E-state index in [1.165, 1.54) is 167 Å². The van der Waals surface area contributed by atoms with Crippen molar-refractivity contribution in [1.29, 1.82) is 0 Å². The van der Waals surface area contributed by atoms with Crippen LogP contribution in [-0.2, 0) is 9.68 Å². The first-order chi connectivity index (χ1) is 23.1. The van der Waals surface area contributed by atoms with Gasteiger partial charge in [0, 0.05) is 12.4 Å². The summed E-state index contributed by atoms with van der Waals surface area (Å²) in [6.07, 6.45) is 50.2. The van der Waals surface area contributed by atoms with Crippen molar-refractivity contribution in [2.24, 2.45) is 10.3 Å². The van der Waals surface area contributed by atoms with Crippen LogP contribution in [0.5, 0.6) is 0 Å². The van der Waals surface area contributed by atoms with Crippen LogP contribution in [0, 0.1) is 0 Å². The molecule has 0 saturated heterocycles. The zero-order chi connectivity index (χ0) is 34.2. The highest BCUT2D eigenvalue weighted by atomic mass is 127. The number of allylic oxidation sites excluding steroid dienone is 4. The van der Waals surface area contributed by atoms with E-state index in [1.54, 1.807) is 0 Å². The molecule has 0 aliphatic heterocycles. The van der Waals surface area contributed by atoms with Crippen molar-refractivity contribution >= 4 is 12.4 Å². The van der Waals surface area contributed by atoms with Crippen molar-refractivity contribution in [3.8, 4) is 0 Å². The predicted octanol–water partition coefficient (Wildman–Crippen LogP) is 10.1. The van der Waals surface area contributed by atoms with Gasteiger partial charge in [-0.2, -0.15) is 0 Å². The zero-order valence-corrected chi connectivity index (χ0v) is 34.8. The van der Waals surface area contributed by atoms with E-state index >= 15 is 0 Å². The molecule has 6 heteroatoms. The van der Waals surface area contributed by atoms with Gasteiger partial charge in [-0.05, 0) is 77.0 Å². The Hall–Kier alpha value is -0.890. The largest absolute Gasteiger partial charge is 1.00 e. The molecule has 0 aromatic heterocycles. The molecule has 0 aliphatic rings. The molecule has 0 N–H and O–H groups in total. The van der Waals surface area contributed by atoms with Crippen molar-refractivity contribution in [2.75, 3.05) is 40.4 Å². The highest BCUT2D eigenvalue weighted by Crippen LogP contribution is 2.11. The van der Waals surface area contributed by atoms with Crippen LogP contribution in [0.3, 0.4) is 0 Å². The summed E-state index contributed by atoms with van der Waals surface area (Å²) in [4.78, 5) is 11.0. The third-order valence-electron chi connectivity index (χ3n) is 9.06. The minimum absolute atomic E-state index is 0. The third kappa shape index (κ3) is 43.1. The van der Waals surface area contributed by atoms with Crippen LogP contribution in [0.15, 0.2) is 34.6 Å². The summed E-state index contributed by atoms with van der Waals surface area (Å²) in [6.45, 7) is 7.65. The van der Waals surface area contributed by atoms with E-state index in [0.717, 1.165) is 30.4 Å². The molecule has 0 unspecified atom stereocenters.